The van der Waals surface area contributed by atoms with Gasteiger partial charge in [-0.1, -0.05) is 60.5 Å². The molecule has 1 saturated heterocycles. The molecule has 2 saturated carbocycles. The zero-order chi connectivity index (χ0) is 36.8. The number of amides is 1. The number of hydrogen-bond donors (Lipinski definition) is 2. The average Bonchev–Trinajstić information content (AvgIpc) is 4.12. The Hall–Kier alpha value is -3.70. The molecule has 2 aliphatic heterocycles. The third kappa shape index (κ3) is 8.36. The molecule has 1 amide bonds. The van der Waals surface area contributed by atoms with Crippen molar-refractivity contribution in [3.63, 3.8) is 0 Å². The first kappa shape index (κ1) is 37.6. The molecule has 0 radical (unpaired) electrons. The molecule has 0 aromatic heterocycles. The van der Waals surface area contributed by atoms with E-state index in [1.165, 1.54) is 0 Å². The standard InChI is InChI=1S/C43H57N3O7/c1-3-24-51-43-39(45(2)42(49)31-15-16-31)28-37(44-52-29-30-11-5-4-6-12-30)35-26-32(13-7-9-22-47)34(14-8-10-23-48)40(41(35)43)36-27-33(17-18-38(36)53-43)50-25-21-46-19-20-46/h3-6,11-12,17-18,26-27,31-32,34,39-41,47-48H,1,7-10,13-16,19-25,28-29H2,2H3. The van der Waals surface area contributed by atoms with Crippen LogP contribution >= 0.6 is 0 Å². The maximum atomic E-state index is 14.0. The summed E-state index contributed by atoms with van der Waals surface area (Å²) in [4.78, 5) is 24.3. The Bertz CT molecular complexity index is 1620. The highest BCUT2D eigenvalue weighted by Gasteiger charge is 2.65. The summed E-state index contributed by atoms with van der Waals surface area (Å²) >= 11 is 0. The van der Waals surface area contributed by atoms with Gasteiger partial charge in [0.1, 0.15) is 30.8 Å². The molecule has 3 fully saturated rings. The summed E-state index contributed by atoms with van der Waals surface area (Å²) in [5, 5.41) is 24.6. The topological polar surface area (TPSA) is 113 Å². The van der Waals surface area contributed by atoms with Gasteiger partial charge in [0.05, 0.1) is 18.2 Å². The minimum Gasteiger partial charge on any atom is -0.492 e. The predicted octanol–water partition coefficient (Wildman–Crippen LogP) is 6.08. The van der Waals surface area contributed by atoms with Gasteiger partial charge in [-0.25, -0.2) is 0 Å². The summed E-state index contributed by atoms with van der Waals surface area (Å²) in [5.41, 5.74) is 3.95. The zero-order valence-electron chi connectivity index (χ0n) is 31.2. The Balaban J connectivity index is 1.37. The van der Waals surface area contributed by atoms with E-state index >= 15 is 0 Å². The van der Waals surface area contributed by atoms with Crippen LogP contribution in [0.5, 0.6) is 11.5 Å². The Labute approximate surface area is 314 Å². The molecule has 6 atom stereocenters. The lowest BCUT2D eigenvalue weighted by molar-refractivity contribution is -0.255. The van der Waals surface area contributed by atoms with E-state index in [0.717, 1.165) is 105 Å². The second-order valence-electron chi connectivity index (χ2n) is 15.4. The SMILES string of the molecule is C=CCOC12Oc3ccc(OCCN4CC4)cc3C3C(CCCCO)C(CCCCO)C=C(C(=NOCc4ccccc4)CC1N(C)C(=O)C1CC1)C32. The molecule has 3 aliphatic carbocycles. The second kappa shape index (κ2) is 17.2. The molecule has 10 nitrogen and oxygen atoms in total. The summed E-state index contributed by atoms with van der Waals surface area (Å²) in [6.45, 7) is 8.64. The van der Waals surface area contributed by atoms with Crippen molar-refractivity contribution in [3.05, 3.63) is 84.0 Å². The van der Waals surface area contributed by atoms with E-state index < -0.39 is 11.8 Å². The van der Waals surface area contributed by atoms with Crippen LogP contribution in [0.25, 0.3) is 0 Å². The molecule has 2 aromatic carbocycles. The van der Waals surface area contributed by atoms with E-state index in [4.69, 9.17) is 24.2 Å². The van der Waals surface area contributed by atoms with Gasteiger partial charge in [0, 0.05) is 63.7 Å². The molecule has 2 N–H and O–H groups in total. The van der Waals surface area contributed by atoms with Crippen molar-refractivity contribution >= 4 is 11.6 Å². The fraction of sp³-hybridized carbons (Fsp3) is 0.581. The van der Waals surface area contributed by atoms with Crippen LogP contribution in [-0.2, 0) is 21.0 Å². The molecule has 0 bridgehead atoms. The number of carbonyl (C=O) groups excluding carboxylic acids is 1. The lowest BCUT2D eigenvalue weighted by Crippen LogP contribution is -2.69. The normalized spacial score (nSPS) is 27.9. The lowest BCUT2D eigenvalue weighted by atomic mass is 9.55. The van der Waals surface area contributed by atoms with Crippen molar-refractivity contribution < 1.29 is 34.1 Å². The van der Waals surface area contributed by atoms with E-state index in [-0.39, 0.29) is 55.3 Å². The number of carbonyl (C=O) groups is 1. The number of unbranched alkanes of at least 4 members (excludes halogenated alkanes) is 2. The van der Waals surface area contributed by atoms with Crippen molar-refractivity contribution in [2.45, 2.75) is 82.1 Å². The molecule has 2 heterocycles. The minimum atomic E-state index is -1.22. The third-order valence-corrected chi connectivity index (χ3v) is 11.9. The maximum absolute atomic E-state index is 14.0. The zero-order valence-corrected chi connectivity index (χ0v) is 31.2. The molecule has 2 aromatic rings. The van der Waals surface area contributed by atoms with E-state index in [0.29, 0.717) is 19.6 Å². The molecule has 10 heteroatoms. The van der Waals surface area contributed by atoms with Crippen LogP contribution in [0.1, 0.15) is 74.8 Å². The van der Waals surface area contributed by atoms with Crippen LogP contribution in [0.4, 0.5) is 0 Å². The van der Waals surface area contributed by atoms with Crippen LogP contribution in [0.2, 0.25) is 0 Å². The number of nitrogens with zero attached hydrogens (tertiary/aromatic N) is 3. The van der Waals surface area contributed by atoms with Crippen molar-refractivity contribution in [1.29, 1.82) is 0 Å². The first-order chi connectivity index (χ1) is 26.0. The van der Waals surface area contributed by atoms with Crippen molar-refractivity contribution in [2.24, 2.45) is 28.8 Å². The van der Waals surface area contributed by atoms with Crippen LogP contribution < -0.4 is 9.47 Å². The highest BCUT2D eigenvalue weighted by molar-refractivity contribution is 6.03. The van der Waals surface area contributed by atoms with Gasteiger partial charge in [-0.2, -0.15) is 0 Å². The van der Waals surface area contributed by atoms with Crippen LogP contribution in [0, 0.1) is 23.7 Å². The Morgan fingerprint density at radius 2 is 1.85 bits per heavy atom. The molecule has 286 valence electrons. The van der Waals surface area contributed by atoms with E-state index in [1.807, 2.05) is 54.4 Å². The van der Waals surface area contributed by atoms with E-state index in [9.17, 15) is 15.0 Å². The first-order valence-electron chi connectivity index (χ1n) is 19.8. The second-order valence-corrected chi connectivity index (χ2v) is 15.4. The molecule has 7 rings (SSSR count). The van der Waals surface area contributed by atoms with E-state index in [1.54, 1.807) is 6.08 Å². The van der Waals surface area contributed by atoms with Gasteiger partial charge in [0.25, 0.3) is 0 Å². The quantitative estimate of drug-likeness (QED) is 0.0731. The molecule has 0 spiro atoms. The first-order valence-corrected chi connectivity index (χ1v) is 19.8. The Morgan fingerprint density at radius 3 is 2.57 bits per heavy atom. The summed E-state index contributed by atoms with van der Waals surface area (Å²) in [6.07, 6.45) is 11.3. The van der Waals surface area contributed by atoms with Crippen LogP contribution in [0.15, 0.2) is 78.0 Å². The largest absolute Gasteiger partial charge is 0.492 e. The Kier molecular flexibility index (Phi) is 12.2. The minimum absolute atomic E-state index is 0.00921. The van der Waals surface area contributed by atoms with Gasteiger partial charge in [-0.15, -0.1) is 6.58 Å². The molecule has 6 unspecified atom stereocenters. The summed E-state index contributed by atoms with van der Waals surface area (Å²) in [7, 11) is 1.89. The number of rotatable bonds is 20. The fourth-order valence-corrected chi connectivity index (χ4v) is 8.94. The number of oxime groups is 1. The van der Waals surface area contributed by atoms with Gasteiger partial charge in [-0.05, 0) is 79.7 Å². The highest BCUT2D eigenvalue weighted by Crippen LogP contribution is 2.62. The van der Waals surface area contributed by atoms with Gasteiger partial charge in [0.15, 0.2) is 0 Å². The third-order valence-electron chi connectivity index (χ3n) is 11.9. The number of benzene rings is 2. The average molecular weight is 728 g/mol. The van der Waals surface area contributed by atoms with Gasteiger partial charge >= 0.3 is 0 Å². The molecule has 5 aliphatic rings. The fourth-order valence-electron chi connectivity index (χ4n) is 8.94. The number of likely N-dealkylation sites (N-methyl/N-ethyl adjacent to an activating group) is 1. The number of fused-ring (bicyclic) bond motifs is 2. The summed E-state index contributed by atoms with van der Waals surface area (Å²) < 4.78 is 20.6. The smallest absolute Gasteiger partial charge is 0.239 e. The summed E-state index contributed by atoms with van der Waals surface area (Å²) in [6, 6.07) is 15.7. The molecule has 53 heavy (non-hydrogen) atoms. The summed E-state index contributed by atoms with van der Waals surface area (Å²) in [5.74, 6) is 0.411. The number of ether oxygens (including phenoxy) is 3. The Morgan fingerprint density at radius 1 is 1.08 bits per heavy atom. The van der Waals surface area contributed by atoms with Crippen molar-refractivity contribution in [2.75, 3.05) is 53.1 Å². The monoisotopic (exact) mass is 727 g/mol. The van der Waals surface area contributed by atoms with E-state index in [2.05, 4.69) is 23.6 Å². The van der Waals surface area contributed by atoms with Crippen molar-refractivity contribution in [1.82, 2.24) is 9.80 Å². The number of hydrogen-bond acceptors (Lipinski definition) is 9. The van der Waals surface area contributed by atoms with Crippen molar-refractivity contribution in [3.8, 4) is 11.5 Å². The molecular formula is C43H57N3O7. The van der Waals surface area contributed by atoms with Gasteiger partial charge < -0.3 is 34.2 Å². The van der Waals surface area contributed by atoms with Crippen LogP contribution in [-0.4, -0.2) is 96.6 Å². The van der Waals surface area contributed by atoms with Crippen LogP contribution in [0.3, 0.4) is 0 Å². The maximum Gasteiger partial charge on any atom is 0.239 e. The predicted molar refractivity (Wildman–Crippen MR) is 204 cm³/mol. The number of aliphatic hydroxyl groups excluding tert-OH is 2. The molecular weight excluding hydrogens is 670 g/mol. The van der Waals surface area contributed by atoms with Gasteiger partial charge in [-0.3, -0.25) is 9.69 Å². The number of aliphatic hydroxyl groups is 2. The number of allylic oxidation sites excluding steroid dienone is 1. The van der Waals surface area contributed by atoms with Gasteiger partial charge in [0.2, 0.25) is 11.7 Å². The lowest BCUT2D eigenvalue weighted by Gasteiger charge is -2.59. The highest BCUT2D eigenvalue weighted by atomic mass is 16.7.